The third kappa shape index (κ3) is 5.11. The number of anilines is 2. The van der Waals surface area contributed by atoms with E-state index in [1.807, 2.05) is 35.2 Å². The van der Waals surface area contributed by atoms with Crippen LogP contribution < -0.4 is 10.2 Å². The number of nitrogens with one attached hydrogen (secondary N) is 1. The maximum Gasteiger partial charge on any atom is 0.237 e. The summed E-state index contributed by atoms with van der Waals surface area (Å²) in [4.78, 5) is 17.2. The van der Waals surface area contributed by atoms with Crippen LogP contribution in [0.2, 0.25) is 0 Å². The zero-order valence-corrected chi connectivity index (χ0v) is 18.9. The Labute approximate surface area is 183 Å². The monoisotopic (exact) mass is 427 g/mol. The van der Waals surface area contributed by atoms with Crippen molar-refractivity contribution in [3.63, 3.8) is 0 Å². The number of carbonyl (C=O) groups excluding carboxylic acids is 1. The molecule has 2 aromatic carbocycles. The Balaban J connectivity index is 1.76. The Morgan fingerprint density at radius 1 is 1.14 bits per heavy atom. The highest BCUT2D eigenvalue weighted by molar-refractivity contribution is 8.23. The van der Waals surface area contributed by atoms with E-state index in [1.54, 1.807) is 0 Å². The molecule has 1 amide bonds. The van der Waals surface area contributed by atoms with E-state index in [2.05, 4.69) is 55.3 Å². The molecule has 1 heterocycles. The van der Waals surface area contributed by atoms with E-state index in [0.717, 1.165) is 35.2 Å². The molecule has 1 aliphatic rings. The number of para-hydroxylation sites is 2. The third-order valence-corrected chi connectivity index (χ3v) is 6.82. The van der Waals surface area contributed by atoms with E-state index in [9.17, 15) is 4.79 Å². The maximum atomic E-state index is 13.1. The minimum atomic E-state index is 0.112. The number of fused-ring (bicyclic) bond motifs is 1. The first-order valence-electron chi connectivity index (χ1n) is 10.2. The standard InChI is InChI=1S/C23H29N3OS2/c1-4-25(5-2)23(28)29-16-22(27)26-17(3)15-20(19-13-9-10-14-21(19)26)24-18-11-7-6-8-12-18/h6-14,17,20,24H,4-5,15-16H2,1-3H3/t17-,20+/m1/s1. The number of hydrogen-bond acceptors (Lipinski definition) is 4. The van der Waals surface area contributed by atoms with Crippen LogP contribution in [0.25, 0.3) is 0 Å². The SMILES string of the molecule is CCN(CC)C(=S)SCC(=O)N1c2ccccc2[C@@H](Nc2ccccc2)C[C@H]1C. The van der Waals surface area contributed by atoms with Crippen molar-refractivity contribution in [3.05, 3.63) is 60.2 Å². The first kappa shape index (κ1) is 21.7. The van der Waals surface area contributed by atoms with Crippen LogP contribution in [0.3, 0.4) is 0 Å². The van der Waals surface area contributed by atoms with Gasteiger partial charge in [-0.25, -0.2) is 0 Å². The van der Waals surface area contributed by atoms with Crippen LogP contribution >= 0.6 is 24.0 Å². The topological polar surface area (TPSA) is 35.6 Å². The minimum absolute atomic E-state index is 0.112. The molecule has 2 aromatic rings. The highest BCUT2D eigenvalue weighted by Gasteiger charge is 2.33. The van der Waals surface area contributed by atoms with Gasteiger partial charge < -0.3 is 15.1 Å². The van der Waals surface area contributed by atoms with Gasteiger partial charge in [0, 0.05) is 30.5 Å². The zero-order chi connectivity index (χ0) is 20.8. The molecule has 0 bridgehead atoms. The van der Waals surface area contributed by atoms with Crippen LogP contribution in [0.15, 0.2) is 54.6 Å². The van der Waals surface area contributed by atoms with Crippen molar-refractivity contribution in [2.45, 2.75) is 39.3 Å². The van der Waals surface area contributed by atoms with Crippen LogP contribution in [0.5, 0.6) is 0 Å². The second-order valence-electron chi connectivity index (χ2n) is 7.20. The van der Waals surface area contributed by atoms with Gasteiger partial charge in [0.25, 0.3) is 0 Å². The largest absolute Gasteiger partial charge is 0.378 e. The number of thiocarbonyl (C=S) groups is 1. The van der Waals surface area contributed by atoms with Gasteiger partial charge in [-0.1, -0.05) is 60.4 Å². The molecule has 2 atom stereocenters. The van der Waals surface area contributed by atoms with Crippen molar-refractivity contribution in [2.75, 3.05) is 29.1 Å². The van der Waals surface area contributed by atoms with Gasteiger partial charge in [-0.05, 0) is 51.0 Å². The summed E-state index contributed by atoms with van der Waals surface area (Å²) in [7, 11) is 0. The second-order valence-corrected chi connectivity index (χ2v) is 8.81. The lowest BCUT2D eigenvalue weighted by molar-refractivity contribution is -0.116. The van der Waals surface area contributed by atoms with Gasteiger partial charge in [-0.15, -0.1) is 0 Å². The van der Waals surface area contributed by atoms with E-state index in [4.69, 9.17) is 12.2 Å². The van der Waals surface area contributed by atoms with E-state index >= 15 is 0 Å². The Bertz CT molecular complexity index is 839. The molecule has 0 aromatic heterocycles. The normalized spacial score (nSPS) is 18.1. The molecule has 0 radical (unpaired) electrons. The fraction of sp³-hybridized carbons (Fsp3) is 0.391. The summed E-state index contributed by atoms with van der Waals surface area (Å²) < 4.78 is 0.796. The number of carbonyl (C=O) groups is 1. The molecule has 29 heavy (non-hydrogen) atoms. The van der Waals surface area contributed by atoms with Crippen molar-refractivity contribution in [1.29, 1.82) is 0 Å². The molecule has 0 spiro atoms. The molecule has 4 nitrogen and oxygen atoms in total. The lowest BCUT2D eigenvalue weighted by Gasteiger charge is -2.40. The van der Waals surface area contributed by atoms with Gasteiger partial charge in [0.2, 0.25) is 5.91 Å². The van der Waals surface area contributed by atoms with Crippen molar-refractivity contribution in [3.8, 4) is 0 Å². The first-order valence-corrected chi connectivity index (χ1v) is 11.6. The number of hydrogen-bond donors (Lipinski definition) is 1. The van der Waals surface area contributed by atoms with Crippen molar-refractivity contribution in [2.24, 2.45) is 0 Å². The number of rotatable bonds is 6. The fourth-order valence-electron chi connectivity index (χ4n) is 3.83. The molecule has 1 aliphatic heterocycles. The molecular weight excluding hydrogens is 398 g/mol. The molecule has 0 aliphatic carbocycles. The summed E-state index contributed by atoms with van der Waals surface area (Å²) in [6.07, 6.45) is 0.864. The highest BCUT2D eigenvalue weighted by atomic mass is 32.2. The van der Waals surface area contributed by atoms with E-state index in [0.29, 0.717) is 5.75 Å². The average Bonchev–Trinajstić information content (AvgIpc) is 2.74. The Morgan fingerprint density at radius 3 is 2.48 bits per heavy atom. The van der Waals surface area contributed by atoms with Gasteiger partial charge in [-0.3, -0.25) is 4.79 Å². The summed E-state index contributed by atoms with van der Waals surface area (Å²) >= 11 is 6.97. The zero-order valence-electron chi connectivity index (χ0n) is 17.3. The number of benzene rings is 2. The summed E-state index contributed by atoms with van der Waals surface area (Å²) in [6, 6.07) is 18.8. The summed E-state index contributed by atoms with van der Waals surface area (Å²) in [5, 5.41) is 3.64. The molecule has 3 rings (SSSR count). The fourth-order valence-corrected chi connectivity index (χ4v) is 5.09. The number of amides is 1. The van der Waals surface area contributed by atoms with Gasteiger partial charge in [0.1, 0.15) is 4.32 Å². The molecule has 0 unspecified atom stereocenters. The van der Waals surface area contributed by atoms with Crippen LogP contribution in [-0.2, 0) is 4.79 Å². The maximum absolute atomic E-state index is 13.1. The summed E-state index contributed by atoms with van der Waals surface area (Å²) in [5.74, 6) is 0.479. The predicted molar refractivity (Wildman–Crippen MR) is 129 cm³/mol. The van der Waals surface area contributed by atoms with Gasteiger partial charge >= 0.3 is 0 Å². The summed E-state index contributed by atoms with van der Waals surface area (Å²) in [6.45, 7) is 8.03. The van der Waals surface area contributed by atoms with E-state index < -0.39 is 0 Å². The molecule has 6 heteroatoms. The molecule has 0 saturated carbocycles. The van der Waals surface area contributed by atoms with Crippen molar-refractivity contribution in [1.82, 2.24) is 4.90 Å². The molecule has 154 valence electrons. The molecule has 0 saturated heterocycles. The Morgan fingerprint density at radius 2 is 1.79 bits per heavy atom. The molecule has 1 N–H and O–H groups in total. The van der Waals surface area contributed by atoms with Gasteiger partial charge in [0.05, 0.1) is 11.8 Å². The Kier molecular flexibility index (Phi) is 7.56. The van der Waals surface area contributed by atoms with Crippen LogP contribution in [0.4, 0.5) is 11.4 Å². The summed E-state index contributed by atoms with van der Waals surface area (Å²) in [5.41, 5.74) is 3.26. The van der Waals surface area contributed by atoms with Crippen molar-refractivity contribution >= 4 is 45.6 Å². The second kappa shape index (κ2) is 10.1. The minimum Gasteiger partial charge on any atom is -0.378 e. The van der Waals surface area contributed by atoms with Crippen LogP contribution in [0.1, 0.15) is 38.8 Å². The van der Waals surface area contributed by atoms with E-state index in [1.165, 1.54) is 17.3 Å². The number of thioether (sulfide) groups is 1. The molecule has 0 fully saturated rings. The van der Waals surface area contributed by atoms with Crippen LogP contribution in [-0.4, -0.2) is 40.0 Å². The lowest BCUT2D eigenvalue weighted by Crippen LogP contribution is -2.45. The predicted octanol–water partition coefficient (Wildman–Crippen LogP) is 5.32. The van der Waals surface area contributed by atoms with Gasteiger partial charge in [0.15, 0.2) is 0 Å². The van der Waals surface area contributed by atoms with E-state index in [-0.39, 0.29) is 18.0 Å². The van der Waals surface area contributed by atoms with Crippen LogP contribution in [0, 0.1) is 0 Å². The molecular formula is C23H29N3OS2. The smallest absolute Gasteiger partial charge is 0.237 e. The third-order valence-electron chi connectivity index (χ3n) is 5.31. The highest BCUT2D eigenvalue weighted by Crippen LogP contribution is 2.39. The van der Waals surface area contributed by atoms with Crippen molar-refractivity contribution < 1.29 is 4.79 Å². The number of nitrogens with zero attached hydrogens (tertiary/aromatic N) is 2. The van der Waals surface area contributed by atoms with Gasteiger partial charge in [-0.2, -0.15) is 0 Å². The Hall–Kier alpha value is -2.05. The first-order chi connectivity index (χ1) is 14.0. The lowest BCUT2D eigenvalue weighted by atomic mass is 9.91. The average molecular weight is 428 g/mol. The quantitative estimate of drug-likeness (QED) is 0.631.